The molecule has 0 N–H and O–H groups in total. The van der Waals surface area contributed by atoms with Gasteiger partial charge in [0.25, 0.3) is 5.91 Å². The Morgan fingerprint density at radius 1 is 0.963 bits per heavy atom. The minimum Gasteiger partial charge on any atom is -0.493 e. The van der Waals surface area contributed by atoms with Crippen LogP contribution in [0.1, 0.15) is 39.1 Å². The van der Waals surface area contributed by atoms with Crippen molar-refractivity contribution in [1.82, 2.24) is 4.90 Å². The van der Waals surface area contributed by atoms with Gasteiger partial charge in [0.05, 0.1) is 14.2 Å². The predicted molar refractivity (Wildman–Crippen MR) is 104 cm³/mol. The fourth-order valence-electron chi connectivity index (χ4n) is 3.48. The summed E-state index contributed by atoms with van der Waals surface area (Å²) in [5, 5.41) is 0. The molecule has 0 saturated carbocycles. The first-order chi connectivity index (χ1) is 13.0. The van der Waals surface area contributed by atoms with Crippen LogP contribution < -0.4 is 9.47 Å². The van der Waals surface area contributed by atoms with E-state index in [-0.39, 0.29) is 17.6 Å². The molecule has 5 heteroatoms. The first-order valence-corrected chi connectivity index (χ1v) is 9.15. The topological polar surface area (TPSA) is 55.8 Å². The Morgan fingerprint density at radius 3 is 2.30 bits per heavy atom. The standard InChI is InChI=1S/C22H25NO4/c1-15-6-8-16(9-7-15)21(24)18-5-4-12-23(14-18)22(25)17-10-11-19(26-2)20(13-17)27-3/h6-11,13,18H,4-5,12,14H2,1-3H3. The third kappa shape index (κ3) is 4.13. The Kier molecular flexibility index (Phi) is 5.79. The quantitative estimate of drug-likeness (QED) is 0.756. The van der Waals surface area contributed by atoms with Crippen LogP contribution in [0.15, 0.2) is 42.5 Å². The molecule has 1 aliphatic heterocycles. The van der Waals surface area contributed by atoms with Gasteiger partial charge in [0.2, 0.25) is 0 Å². The fourth-order valence-corrected chi connectivity index (χ4v) is 3.48. The van der Waals surface area contributed by atoms with Crippen LogP contribution in [0, 0.1) is 12.8 Å². The number of carbonyl (C=O) groups excluding carboxylic acids is 2. The van der Waals surface area contributed by atoms with Crippen LogP contribution in [0.3, 0.4) is 0 Å². The van der Waals surface area contributed by atoms with Crippen LogP contribution >= 0.6 is 0 Å². The van der Waals surface area contributed by atoms with E-state index < -0.39 is 0 Å². The molecule has 1 fully saturated rings. The molecule has 0 aliphatic carbocycles. The predicted octanol–water partition coefficient (Wildman–Crippen LogP) is 3.75. The summed E-state index contributed by atoms with van der Waals surface area (Å²) < 4.78 is 10.5. The van der Waals surface area contributed by atoms with Crippen LogP contribution in [-0.4, -0.2) is 43.9 Å². The number of likely N-dealkylation sites (tertiary alicyclic amines) is 1. The lowest BCUT2D eigenvalue weighted by molar-refractivity contribution is 0.0636. The van der Waals surface area contributed by atoms with Gasteiger partial charge in [-0.25, -0.2) is 0 Å². The molecule has 5 nitrogen and oxygen atoms in total. The average Bonchev–Trinajstić information content (AvgIpc) is 2.72. The number of hydrogen-bond donors (Lipinski definition) is 0. The number of benzene rings is 2. The number of rotatable bonds is 5. The summed E-state index contributed by atoms with van der Waals surface area (Å²) in [4.78, 5) is 27.5. The molecular formula is C22H25NO4. The van der Waals surface area contributed by atoms with Gasteiger partial charge in [0, 0.05) is 30.1 Å². The van der Waals surface area contributed by atoms with E-state index in [1.54, 1.807) is 37.3 Å². The van der Waals surface area contributed by atoms with Gasteiger partial charge in [-0.15, -0.1) is 0 Å². The molecule has 0 aromatic heterocycles. The summed E-state index contributed by atoms with van der Waals surface area (Å²) in [7, 11) is 3.11. The Balaban J connectivity index is 1.74. The van der Waals surface area contributed by atoms with Crippen LogP contribution in [0.2, 0.25) is 0 Å². The molecule has 3 rings (SSSR count). The molecule has 142 valence electrons. The Morgan fingerprint density at radius 2 is 1.63 bits per heavy atom. The molecule has 0 radical (unpaired) electrons. The van der Waals surface area contributed by atoms with Gasteiger partial charge < -0.3 is 14.4 Å². The number of aryl methyl sites for hydroxylation is 1. The van der Waals surface area contributed by atoms with Crippen molar-refractivity contribution in [3.05, 3.63) is 59.2 Å². The second kappa shape index (κ2) is 8.25. The maximum atomic E-state index is 12.9. The SMILES string of the molecule is COc1ccc(C(=O)N2CCCC(C(=O)c3ccc(C)cc3)C2)cc1OC. The summed E-state index contributed by atoms with van der Waals surface area (Å²) >= 11 is 0. The number of methoxy groups -OCH3 is 2. The van der Waals surface area contributed by atoms with Crippen molar-refractivity contribution >= 4 is 11.7 Å². The third-order valence-electron chi connectivity index (χ3n) is 5.05. The number of amides is 1. The zero-order chi connectivity index (χ0) is 19.4. The van der Waals surface area contributed by atoms with Crippen LogP contribution in [0.5, 0.6) is 11.5 Å². The second-order valence-corrected chi connectivity index (χ2v) is 6.89. The fraction of sp³-hybridized carbons (Fsp3) is 0.364. The zero-order valence-corrected chi connectivity index (χ0v) is 16.0. The van der Waals surface area contributed by atoms with Crippen molar-refractivity contribution < 1.29 is 19.1 Å². The van der Waals surface area contributed by atoms with Crippen molar-refractivity contribution in [1.29, 1.82) is 0 Å². The van der Waals surface area contributed by atoms with Gasteiger partial charge in [-0.3, -0.25) is 9.59 Å². The molecule has 27 heavy (non-hydrogen) atoms. The van der Waals surface area contributed by atoms with E-state index in [0.717, 1.165) is 18.4 Å². The maximum Gasteiger partial charge on any atom is 0.254 e. The van der Waals surface area contributed by atoms with Crippen molar-refractivity contribution in [2.45, 2.75) is 19.8 Å². The third-order valence-corrected chi connectivity index (χ3v) is 5.05. The Labute approximate surface area is 159 Å². The summed E-state index contributed by atoms with van der Waals surface area (Å²) in [6.45, 7) is 3.10. The van der Waals surface area contributed by atoms with Gasteiger partial charge in [0.1, 0.15) is 0 Å². The minimum atomic E-state index is -0.162. The molecule has 0 spiro atoms. The highest BCUT2D eigenvalue weighted by Gasteiger charge is 2.29. The molecule has 0 bridgehead atoms. The smallest absolute Gasteiger partial charge is 0.254 e. The van der Waals surface area contributed by atoms with E-state index in [0.29, 0.717) is 35.7 Å². The van der Waals surface area contributed by atoms with Gasteiger partial charge >= 0.3 is 0 Å². The molecule has 1 heterocycles. The number of nitrogens with zero attached hydrogens (tertiary/aromatic N) is 1. The lowest BCUT2D eigenvalue weighted by atomic mass is 9.89. The van der Waals surface area contributed by atoms with E-state index >= 15 is 0 Å². The summed E-state index contributed by atoms with van der Waals surface area (Å²) in [6, 6.07) is 12.8. The van der Waals surface area contributed by atoms with E-state index in [2.05, 4.69) is 0 Å². The summed E-state index contributed by atoms with van der Waals surface area (Å²) in [6.07, 6.45) is 1.63. The molecule has 1 amide bonds. The highest BCUT2D eigenvalue weighted by Crippen LogP contribution is 2.29. The Hall–Kier alpha value is -2.82. The van der Waals surface area contributed by atoms with Crippen LogP contribution in [0.25, 0.3) is 0 Å². The molecule has 2 aromatic rings. The molecule has 1 aliphatic rings. The van der Waals surface area contributed by atoms with Crippen LogP contribution in [-0.2, 0) is 0 Å². The van der Waals surface area contributed by atoms with Crippen LogP contribution in [0.4, 0.5) is 0 Å². The molecule has 2 aromatic carbocycles. The number of Topliss-reactive ketones (excluding diaryl/α,β-unsaturated/α-hetero) is 1. The first kappa shape index (κ1) is 19.0. The van der Waals surface area contributed by atoms with Crippen molar-refractivity contribution in [3.63, 3.8) is 0 Å². The highest BCUT2D eigenvalue weighted by atomic mass is 16.5. The Bertz CT molecular complexity index is 829. The van der Waals surface area contributed by atoms with Gasteiger partial charge in [-0.05, 0) is 38.0 Å². The monoisotopic (exact) mass is 367 g/mol. The number of ether oxygens (including phenoxy) is 2. The minimum absolute atomic E-state index is 0.0858. The second-order valence-electron chi connectivity index (χ2n) is 6.89. The van der Waals surface area contributed by atoms with E-state index in [9.17, 15) is 9.59 Å². The molecular weight excluding hydrogens is 342 g/mol. The lowest BCUT2D eigenvalue weighted by Crippen LogP contribution is -2.42. The van der Waals surface area contributed by atoms with Gasteiger partial charge in [0.15, 0.2) is 17.3 Å². The number of ketones is 1. The molecule has 1 atom stereocenters. The summed E-state index contributed by atoms with van der Waals surface area (Å²) in [5.41, 5.74) is 2.38. The largest absolute Gasteiger partial charge is 0.493 e. The van der Waals surface area contributed by atoms with E-state index in [1.807, 2.05) is 31.2 Å². The number of piperidine rings is 1. The van der Waals surface area contributed by atoms with E-state index in [4.69, 9.17) is 9.47 Å². The number of carbonyl (C=O) groups is 2. The van der Waals surface area contributed by atoms with Crippen molar-refractivity contribution in [3.8, 4) is 11.5 Å². The average molecular weight is 367 g/mol. The number of hydrogen-bond acceptors (Lipinski definition) is 4. The highest BCUT2D eigenvalue weighted by molar-refractivity contribution is 5.99. The van der Waals surface area contributed by atoms with Gasteiger partial charge in [-0.2, -0.15) is 0 Å². The maximum absolute atomic E-state index is 12.9. The van der Waals surface area contributed by atoms with Gasteiger partial charge in [-0.1, -0.05) is 29.8 Å². The van der Waals surface area contributed by atoms with Crippen molar-refractivity contribution in [2.24, 2.45) is 5.92 Å². The summed E-state index contributed by atoms with van der Waals surface area (Å²) in [5.74, 6) is 0.968. The lowest BCUT2D eigenvalue weighted by Gasteiger charge is -2.32. The normalized spacial score (nSPS) is 16.7. The molecule has 1 saturated heterocycles. The van der Waals surface area contributed by atoms with Crippen molar-refractivity contribution in [2.75, 3.05) is 27.3 Å². The van der Waals surface area contributed by atoms with E-state index in [1.165, 1.54) is 0 Å². The zero-order valence-electron chi connectivity index (χ0n) is 16.0. The molecule has 1 unspecified atom stereocenters. The first-order valence-electron chi connectivity index (χ1n) is 9.15.